The Hall–Kier alpha value is -3.93. The van der Waals surface area contributed by atoms with Gasteiger partial charge in [0.2, 0.25) is 0 Å². The average Bonchev–Trinajstić information content (AvgIpc) is 3.04. The van der Waals surface area contributed by atoms with Gasteiger partial charge in [-0.05, 0) is 50.1 Å². The largest absolute Gasteiger partial charge is 0.507 e. The normalized spacial score (nSPS) is 17.6. The summed E-state index contributed by atoms with van der Waals surface area (Å²) in [5.41, 5.74) is 3.03. The Morgan fingerprint density at radius 1 is 1.09 bits per heavy atom. The molecule has 1 aliphatic rings. The SMILES string of the molecule is Cc1cccc(C2/C(=C(/O)c3cccc(OC(C)C)c3)C(=O)C(=O)N2Cc2cccnc2)c1. The van der Waals surface area contributed by atoms with Crippen LogP contribution >= 0.6 is 0 Å². The summed E-state index contributed by atoms with van der Waals surface area (Å²) in [4.78, 5) is 31.9. The number of aryl methyl sites for hydroxylation is 1. The Kier molecular flexibility index (Phi) is 6.27. The first-order valence-corrected chi connectivity index (χ1v) is 10.9. The summed E-state index contributed by atoms with van der Waals surface area (Å²) in [6, 6.07) is 17.5. The lowest BCUT2D eigenvalue weighted by Gasteiger charge is -2.25. The first-order valence-electron chi connectivity index (χ1n) is 10.9. The zero-order chi connectivity index (χ0) is 23.5. The lowest BCUT2D eigenvalue weighted by Crippen LogP contribution is -2.29. The molecule has 1 saturated heterocycles. The number of Topliss-reactive ketones (excluding diaryl/α,β-unsaturated/α-hetero) is 1. The van der Waals surface area contributed by atoms with E-state index in [2.05, 4.69) is 4.98 Å². The summed E-state index contributed by atoms with van der Waals surface area (Å²) in [6.45, 7) is 5.97. The lowest BCUT2D eigenvalue weighted by atomic mass is 9.94. The van der Waals surface area contributed by atoms with Gasteiger partial charge in [-0.3, -0.25) is 14.6 Å². The number of ether oxygens (including phenoxy) is 1. The minimum absolute atomic E-state index is 0.0419. The summed E-state index contributed by atoms with van der Waals surface area (Å²) in [5.74, 6) is -1.01. The predicted molar refractivity (Wildman–Crippen MR) is 125 cm³/mol. The molecule has 168 valence electrons. The summed E-state index contributed by atoms with van der Waals surface area (Å²) in [7, 11) is 0. The molecule has 1 aromatic heterocycles. The van der Waals surface area contributed by atoms with Gasteiger partial charge in [0.05, 0.1) is 17.7 Å². The number of pyridine rings is 1. The van der Waals surface area contributed by atoms with E-state index in [-0.39, 0.29) is 24.0 Å². The molecule has 2 aromatic carbocycles. The van der Waals surface area contributed by atoms with Crippen molar-refractivity contribution in [2.24, 2.45) is 0 Å². The molecule has 0 bridgehead atoms. The van der Waals surface area contributed by atoms with Crippen molar-refractivity contribution in [3.63, 3.8) is 0 Å². The molecule has 2 heterocycles. The van der Waals surface area contributed by atoms with Gasteiger partial charge in [0, 0.05) is 24.5 Å². The number of hydrogen-bond donors (Lipinski definition) is 1. The molecule has 1 N–H and O–H groups in total. The van der Waals surface area contributed by atoms with Crippen molar-refractivity contribution in [1.82, 2.24) is 9.88 Å². The van der Waals surface area contributed by atoms with E-state index >= 15 is 0 Å². The smallest absolute Gasteiger partial charge is 0.295 e. The third-order valence-corrected chi connectivity index (χ3v) is 5.45. The van der Waals surface area contributed by atoms with Crippen molar-refractivity contribution in [2.75, 3.05) is 0 Å². The zero-order valence-electron chi connectivity index (χ0n) is 18.9. The highest BCUT2D eigenvalue weighted by atomic mass is 16.5. The minimum Gasteiger partial charge on any atom is -0.507 e. The molecule has 3 aromatic rings. The maximum absolute atomic E-state index is 13.2. The number of aliphatic hydroxyl groups is 1. The molecule has 4 rings (SSSR count). The maximum Gasteiger partial charge on any atom is 0.295 e. The van der Waals surface area contributed by atoms with E-state index in [1.807, 2.05) is 51.1 Å². The van der Waals surface area contributed by atoms with Gasteiger partial charge in [-0.25, -0.2) is 0 Å². The number of amides is 1. The number of ketones is 1. The number of carbonyl (C=O) groups excluding carboxylic acids is 2. The number of rotatable bonds is 6. The predicted octanol–water partition coefficient (Wildman–Crippen LogP) is 4.80. The molecule has 0 aliphatic carbocycles. The highest BCUT2D eigenvalue weighted by Crippen LogP contribution is 2.40. The molecule has 1 aliphatic heterocycles. The van der Waals surface area contributed by atoms with Crippen molar-refractivity contribution in [1.29, 1.82) is 0 Å². The zero-order valence-corrected chi connectivity index (χ0v) is 18.9. The highest BCUT2D eigenvalue weighted by Gasteiger charge is 2.46. The number of aromatic nitrogens is 1. The first kappa shape index (κ1) is 22.3. The van der Waals surface area contributed by atoms with E-state index in [9.17, 15) is 14.7 Å². The molecule has 0 saturated carbocycles. The fourth-order valence-corrected chi connectivity index (χ4v) is 4.06. The molecule has 6 nitrogen and oxygen atoms in total. The Morgan fingerprint density at radius 3 is 2.58 bits per heavy atom. The van der Waals surface area contributed by atoms with Crippen LogP contribution in [0.3, 0.4) is 0 Å². The van der Waals surface area contributed by atoms with Gasteiger partial charge in [0.25, 0.3) is 11.7 Å². The van der Waals surface area contributed by atoms with Gasteiger partial charge in [0.15, 0.2) is 0 Å². The number of aliphatic hydroxyl groups excluding tert-OH is 1. The second-order valence-corrected chi connectivity index (χ2v) is 8.40. The van der Waals surface area contributed by atoms with Gasteiger partial charge in [0.1, 0.15) is 11.5 Å². The van der Waals surface area contributed by atoms with Crippen LogP contribution in [0.4, 0.5) is 0 Å². The van der Waals surface area contributed by atoms with E-state index in [1.54, 1.807) is 42.7 Å². The van der Waals surface area contributed by atoms with Gasteiger partial charge in [-0.1, -0.05) is 48.0 Å². The molecule has 0 spiro atoms. The Balaban J connectivity index is 1.84. The quantitative estimate of drug-likeness (QED) is 0.337. The molecule has 0 radical (unpaired) electrons. The van der Waals surface area contributed by atoms with Crippen molar-refractivity contribution in [3.05, 3.63) is 101 Å². The van der Waals surface area contributed by atoms with Crippen LogP contribution in [0.2, 0.25) is 0 Å². The summed E-state index contributed by atoms with van der Waals surface area (Å²) in [6.07, 6.45) is 3.28. The third kappa shape index (κ3) is 4.65. The number of likely N-dealkylation sites (tertiary alicyclic amines) is 1. The molecule has 1 fully saturated rings. The van der Waals surface area contributed by atoms with E-state index in [0.717, 1.165) is 16.7 Å². The van der Waals surface area contributed by atoms with E-state index in [4.69, 9.17) is 4.74 Å². The Bertz CT molecular complexity index is 1220. The monoisotopic (exact) mass is 442 g/mol. The van der Waals surface area contributed by atoms with Gasteiger partial charge < -0.3 is 14.7 Å². The van der Waals surface area contributed by atoms with E-state index < -0.39 is 17.7 Å². The minimum atomic E-state index is -0.722. The second kappa shape index (κ2) is 9.28. The summed E-state index contributed by atoms with van der Waals surface area (Å²) < 4.78 is 5.74. The topological polar surface area (TPSA) is 79.7 Å². The fraction of sp³-hybridized carbons (Fsp3) is 0.222. The molecule has 33 heavy (non-hydrogen) atoms. The van der Waals surface area contributed by atoms with Crippen LogP contribution in [-0.4, -0.2) is 32.8 Å². The molecule has 1 atom stereocenters. The maximum atomic E-state index is 13.2. The third-order valence-electron chi connectivity index (χ3n) is 5.45. The fourth-order valence-electron chi connectivity index (χ4n) is 4.06. The average molecular weight is 443 g/mol. The lowest BCUT2D eigenvalue weighted by molar-refractivity contribution is -0.140. The highest BCUT2D eigenvalue weighted by molar-refractivity contribution is 6.46. The Morgan fingerprint density at radius 2 is 1.88 bits per heavy atom. The Labute approximate surface area is 193 Å². The van der Waals surface area contributed by atoms with Crippen molar-refractivity contribution in [2.45, 2.75) is 39.5 Å². The van der Waals surface area contributed by atoms with Crippen LogP contribution in [-0.2, 0) is 16.1 Å². The summed E-state index contributed by atoms with van der Waals surface area (Å²) in [5, 5.41) is 11.3. The van der Waals surface area contributed by atoms with Gasteiger partial charge in [-0.2, -0.15) is 0 Å². The van der Waals surface area contributed by atoms with Crippen molar-refractivity contribution in [3.8, 4) is 5.75 Å². The number of nitrogens with zero attached hydrogens (tertiary/aromatic N) is 2. The van der Waals surface area contributed by atoms with Gasteiger partial charge >= 0.3 is 0 Å². The molecule has 1 unspecified atom stereocenters. The number of hydrogen-bond acceptors (Lipinski definition) is 5. The van der Waals surface area contributed by atoms with Crippen LogP contribution in [0, 0.1) is 6.92 Å². The van der Waals surface area contributed by atoms with Gasteiger partial charge in [-0.15, -0.1) is 0 Å². The molecule has 1 amide bonds. The molecule has 6 heteroatoms. The molecular formula is C27H26N2O4. The molecular weight excluding hydrogens is 416 g/mol. The van der Waals surface area contributed by atoms with Crippen LogP contribution < -0.4 is 4.74 Å². The van der Waals surface area contributed by atoms with Crippen molar-refractivity contribution < 1.29 is 19.4 Å². The first-order chi connectivity index (χ1) is 15.8. The summed E-state index contributed by atoms with van der Waals surface area (Å²) >= 11 is 0. The van der Waals surface area contributed by atoms with Crippen LogP contribution in [0.15, 0.2) is 78.6 Å². The number of carbonyl (C=O) groups is 2. The van der Waals surface area contributed by atoms with Crippen molar-refractivity contribution >= 4 is 17.4 Å². The van der Waals surface area contributed by atoms with Crippen LogP contribution in [0.1, 0.15) is 42.1 Å². The van der Waals surface area contributed by atoms with Crippen LogP contribution in [0.25, 0.3) is 5.76 Å². The van der Waals surface area contributed by atoms with Crippen LogP contribution in [0.5, 0.6) is 5.75 Å². The van der Waals surface area contributed by atoms with E-state index in [0.29, 0.717) is 11.3 Å². The van der Waals surface area contributed by atoms with E-state index in [1.165, 1.54) is 4.90 Å². The standard InChI is InChI=1S/C27H26N2O4/c1-17(2)33-22-11-5-10-21(14-22)25(30)23-24(20-9-4-7-18(3)13-20)29(27(32)26(23)31)16-19-8-6-12-28-15-19/h4-15,17,24,30H,16H2,1-3H3/b25-23-. The number of benzene rings is 2. The second-order valence-electron chi connectivity index (χ2n) is 8.40.